The normalized spacial score (nSPS) is 16.8. The summed E-state index contributed by atoms with van der Waals surface area (Å²) in [5.41, 5.74) is 0.880. The Kier molecular flexibility index (Phi) is 7.59. The van der Waals surface area contributed by atoms with Crippen molar-refractivity contribution in [3.05, 3.63) is 35.9 Å². The molecule has 1 unspecified atom stereocenters. The van der Waals surface area contributed by atoms with E-state index in [-0.39, 0.29) is 38.1 Å². The molecule has 0 bridgehead atoms. The number of piperidine rings is 1. The van der Waals surface area contributed by atoms with Crippen LogP contribution >= 0.6 is 0 Å². The van der Waals surface area contributed by atoms with E-state index >= 15 is 0 Å². The molecule has 1 heterocycles. The first-order chi connectivity index (χ1) is 12.6. The molecule has 1 aliphatic heterocycles. The van der Waals surface area contributed by atoms with Crippen LogP contribution in [0.5, 0.6) is 0 Å². The molecule has 1 aliphatic rings. The van der Waals surface area contributed by atoms with Gasteiger partial charge in [-0.1, -0.05) is 30.3 Å². The lowest BCUT2D eigenvalue weighted by molar-refractivity contribution is -0.157. The van der Waals surface area contributed by atoms with E-state index in [4.69, 9.17) is 4.74 Å². The number of carbonyl (C=O) groups excluding carboxylic acids is 3. The van der Waals surface area contributed by atoms with Crippen molar-refractivity contribution >= 4 is 17.8 Å². The number of aliphatic hydroxyl groups excluding tert-OH is 1. The lowest BCUT2D eigenvalue weighted by atomic mass is 9.98. The van der Waals surface area contributed by atoms with Crippen LogP contribution in [-0.4, -0.2) is 65.5 Å². The van der Waals surface area contributed by atoms with Gasteiger partial charge in [0.15, 0.2) is 0 Å². The third-order valence-corrected chi connectivity index (χ3v) is 4.38. The van der Waals surface area contributed by atoms with Crippen molar-refractivity contribution in [3.8, 4) is 0 Å². The maximum Gasteiger partial charge on any atom is 0.312 e. The fraction of sp³-hybridized carbons (Fsp3) is 0.526. The van der Waals surface area contributed by atoms with Crippen LogP contribution < -0.4 is 0 Å². The molecule has 7 heteroatoms. The number of hydrogen-bond acceptors (Lipinski definition) is 5. The van der Waals surface area contributed by atoms with Crippen LogP contribution in [-0.2, 0) is 25.7 Å². The number of rotatable bonds is 6. The molecule has 0 saturated carbocycles. The molecular formula is C19H26N2O5. The topological polar surface area (TPSA) is 87.2 Å². The summed E-state index contributed by atoms with van der Waals surface area (Å²) < 4.78 is 5.03. The van der Waals surface area contributed by atoms with Crippen molar-refractivity contribution in [1.82, 2.24) is 9.80 Å². The molecule has 1 N–H and O–H groups in total. The van der Waals surface area contributed by atoms with E-state index in [2.05, 4.69) is 0 Å². The highest BCUT2D eigenvalue weighted by atomic mass is 16.5. The Morgan fingerprint density at radius 3 is 2.65 bits per heavy atom. The van der Waals surface area contributed by atoms with Gasteiger partial charge in [0.05, 0.1) is 19.1 Å². The molecule has 7 nitrogen and oxygen atoms in total. The zero-order valence-electron chi connectivity index (χ0n) is 15.1. The van der Waals surface area contributed by atoms with Gasteiger partial charge in [0.2, 0.25) is 0 Å². The number of esters is 1. The Morgan fingerprint density at radius 2 is 2.00 bits per heavy atom. The largest absolute Gasteiger partial charge is 0.466 e. The van der Waals surface area contributed by atoms with E-state index in [9.17, 15) is 19.5 Å². The zero-order chi connectivity index (χ0) is 18.9. The van der Waals surface area contributed by atoms with Gasteiger partial charge in [-0.3, -0.25) is 14.4 Å². The third-order valence-electron chi connectivity index (χ3n) is 4.38. The maximum atomic E-state index is 12.6. The minimum atomic E-state index is -0.660. The second-order valence-corrected chi connectivity index (χ2v) is 6.28. The lowest BCUT2D eigenvalue weighted by Crippen LogP contribution is -2.50. The molecule has 142 valence electrons. The van der Waals surface area contributed by atoms with E-state index < -0.39 is 11.8 Å². The fourth-order valence-corrected chi connectivity index (χ4v) is 3.06. The van der Waals surface area contributed by atoms with Gasteiger partial charge in [-0.2, -0.15) is 0 Å². The van der Waals surface area contributed by atoms with E-state index in [1.807, 2.05) is 30.3 Å². The van der Waals surface area contributed by atoms with Crippen molar-refractivity contribution in [3.63, 3.8) is 0 Å². The second kappa shape index (κ2) is 9.91. The number of hydrogen-bond donors (Lipinski definition) is 1. The van der Waals surface area contributed by atoms with Gasteiger partial charge in [0.1, 0.15) is 0 Å². The predicted molar refractivity (Wildman–Crippen MR) is 94.9 cm³/mol. The molecule has 2 rings (SSSR count). The summed E-state index contributed by atoms with van der Waals surface area (Å²) in [5, 5.41) is 9.25. The van der Waals surface area contributed by atoms with Crippen LogP contribution in [0.1, 0.15) is 25.3 Å². The number of amides is 2. The van der Waals surface area contributed by atoms with Crippen molar-refractivity contribution < 1.29 is 24.2 Å². The average Bonchev–Trinajstić information content (AvgIpc) is 2.67. The Hall–Kier alpha value is -2.41. The summed E-state index contributed by atoms with van der Waals surface area (Å²) >= 11 is 0. The summed E-state index contributed by atoms with van der Waals surface area (Å²) in [4.78, 5) is 40.0. The molecule has 1 fully saturated rings. The van der Waals surface area contributed by atoms with Gasteiger partial charge in [0, 0.05) is 26.2 Å². The monoisotopic (exact) mass is 362 g/mol. The van der Waals surface area contributed by atoms with Crippen LogP contribution in [0.15, 0.2) is 30.3 Å². The highest BCUT2D eigenvalue weighted by molar-refractivity contribution is 6.34. The zero-order valence-corrected chi connectivity index (χ0v) is 15.1. The summed E-state index contributed by atoms with van der Waals surface area (Å²) in [5.74, 6) is -2.01. The number of benzene rings is 1. The first-order valence-electron chi connectivity index (χ1n) is 8.96. The van der Waals surface area contributed by atoms with E-state index in [1.54, 1.807) is 6.92 Å². The van der Waals surface area contributed by atoms with Crippen molar-refractivity contribution in [2.75, 3.05) is 32.8 Å². The summed E-state index contributed by atoms with van der Waals surface area (Å²) in [6.45, 7) is 2.78. The van der Waals surface area contributed by atoms with Gasteiger partial charge >= 0.3 is 17.8 Å². The predicted octanol–water partition coefficient (Wildman–Crippen LogP) is 0.809. The van der Waals surface area contributed by atoms with Crippen LogP contribution in [0.25, 0.3) is 0 Å². The highest BCUT2D eigenvalue weighted by Gasteiger charge is 2.33. The maximum absolute atomic E-state index is 12.6. The fourth-order valence-electron chi connectivity index (χ4n) is 3.06. The van der Waals surface area contributed by atoms with Gasteiger partial charge in [-0.05, 0) is 25.3 Å². The van der Waals surface area contributed by atoms with Gasteiger partial charge in [-0.25, -0.2) is 0 Å². The number of ether oxygens (including phenoxy) is 1. The quantitative estimate of drug-likeness (QED) is 0.598. The van der Waals surface area contributed by atoms with Crippen LogP contribution in [0.2, 0.25) is 0 Å². The number of aliphatic hydroxyl groups is 1. The van der Waals surface area contributed by atoms with Crippen molar-refractivity contribution in [2.45, 2.75) is 26.3 Å². The Labute approximate surface area is 153 Å². The average molecular weight is 362 g/mol. The van der Waals surface area contributed by atoms with Crippen molar-refractivity contribution in [1.29, 1.82) is 0 Å². The Bertz CT molecular complexity index is 620. The molecule has 1 saturated heterocycles. The smallest absolute Gasteiger partial charge is 0.312 e. The summed E-state index contributed by atoms with van der Waals surface area (Å²) in [7, 11) is 0. The number of nitrogens with zero attached hydrogens (tertiary/aromatic N) is 2. The molecule has 0 aromatic heterocycles. The Morgan fingerprint density at radius 1 is 1.27 bits per heavy atom. The minimum absolute atomic E-state index is 0.0780. The van der Waals surface area contributed by atoms with Crippen LogP contribution in [0.3, 0.4) is 0 Å². The SMILES string of the molecule is CCOC(=O)C1CCCN(C(=O)C(=O)N(CCO)Cc2ccccc2)C1. The third kappa shape index (κ3) is 5.29. The molecule has 26 heavy (non-hydrogen) atoms. The molecule has 0 spiro atoms. The molecule has 1 aromatic rings. The molecule has 2 amide bonds. The number of likely N-dealkylation sites (tertiary alicyclic amines) is 1. The first-order valence-corrected chi connectivity index (χ1v) is 8.96. The van der Waals surface area contributed by atoms with Crippen LogP contribution in [0, 0.1) is 5.92 Å². The molecule has 1 atom stereocenters. The Balaban J connectivity index is 2.02. The van der Waals surface area contributed by atoms with Crippen molar-refractivity contribution in [2.24, 2.45) is 5.92 Å². The molecule has 0 aliphatic carbocycles. The van der Waals surface area contributed by atoms with Crippen LogP contribution in [0.4, 0.5) is 0 Å². The highest BCUT2D eigenvalue weighted by Crippen LogP contribution is 2.19. The first kappa shape index (κ1) is 19.9. The summed E-state index contributed by atoms with van der Waals surface area (Å²) in [6.07, 6.45) is 1.31. The van der Waals surface area contributed by atoms with Gasteiger partial charge < -0.3 is 19.6 Å². The summed E-state index contributed by atoms with van der Waals surface area (Å²) in [6, 6.07) is 9.30. The lowest BCUT2D eigenvalue weighted by Gasteiger charge is -2.32. The molecule has 1 aromatic carbocycles. The number of carbonyl (C=O) groups is 3. The van der Waals surface area contributed by atoms with Gasteiger partial charge in [-0.15, -0.1) is 0 Å². The van der Waals surface area contributed by atoms with E-state index in [0.717, 1.165) is 5.56 Å². The van der Waals surface area contributed by atoms with E-state index in [0.29, 0.717) is 26.0 Å². The van der Waals surface area contributed by atoms with E-state index in [1.165, 1.54) is 9.80 Å². The molecule has 0 radical (unpaired) electrons. The van der Waals surface area contributed by atoms with Gasteiger partial charge in [0.25, 0.3) is 0 Å². The standard InChI is InChI=1S/C19H26N2O5/c1-2-26-19(25)16-9-6-10-20(14-16)17(23)18(24)21(11-12-22)13-15-7-4-3-5-8-15/h3-5,7-8,16,22H,2,6,9-14H2,1H3. The molecular weight excluding hydrogens is 336 g/mol. The minimum Gasteiger partial charge on any atom is -0.466 e. The second-order valence-electron chi connectivity index (χ2n) is 6.28.